The minimum absolute atomic E-state index is 0.499. The first-order chi connectivity index (χ1) is 13.3. The zero-order chi connectivity index (χ0) is 18.5. The zero-order valence-corrected chi connectivity index (χ0v) is 16.5. The normalized spacial score (nSPS) is 15.0. The minimum atomic E-state index is 0.499. The number of methoxy groups -OCH3 is 1. The van der Waals surface area contributed by atoms with Gasteiger partial charge in [0.15, 0.2) is 5.16 Å². The fourth-order valence-corrected chi connectivity index (χ4v) is 4.61. The van der Waals surface area contributed by atoms with Gasteiger partial charge in [0.1, 0.15) is 11.6 Å². The third-order valence-corrected chi connectivity index (χ3v) is 6.17. The molecule has 0 radical (unpaired) electrons. The Balaban J connectivity index is 1.66. The molecule has 1 saturated carbocycles. The van der Waals surface area contributed by atoms with Crippen LogP contribution in [0.25, 0.3) is 5.69 Å². The molecule has 1 fully saturated rings. The molecule has 5 heteroatoms. The number of rotatable bonds is 6. The summed E-state index contributed by atoms with van der Waals surface area (Å²) in [6.45, 7) is 0. The van der Waals surface area contributed by atoms with Crippen molar-refractivity contribution in [3.8, 4) is 11.4 Å². The van der Waals surface area contributed by atoms with Crippen molar-refractivity contribution in [1.29, 1.82) is 0 Å². The summed E-state index contributed by atoms with van der Waals surface area (Å²) in [6, 6.07) is 18.7. The second kappa shape index (κ2) is 8.61. The Kier molecular flexibility index (Phi) is 5.78. The van der Waals surface area contributed by atoms with E-state index in [1.807, 2.05) is 12.1 Å². The van der Waals surface area contributed by atoms with Gasteiger partial charge in [-0.2, -0.15) is 0 Å². The van der Waals surface area contributed by atoms with Crippen LogP contribution < -0.4 is 4.74 Å². The van der Waals surface area contributed by atoms with Crippen molar-refractivity contribution < 1.29 is 4.74 Å². The number of ether oxygens (including phenoxy) is 1. The summed E-state index contributed by atoms with van der Waals surface area (Å²) in [5.74, 6) is 3.36. The van der Waals surface area contributed by atoms with E-state index in [4.69, 9.17) is 4.74 Å². The van der Waals surface area contributed by atoms with E-state index in [1.165, 1.54) is 37.7 Å². The standard InChI is InChI=1S/C22H25N3OS/c1-26-20-14-12-19(13-15-20)25-21(18-10-6-3-7-11-18)23-24-22(25)27-16-17-8-4-2-5-9-17/h2,4-5,8-9,12-15,18H,3,6-7,10-11,16H2,1H3. The maximum absolute atomic E-state index is 5.32. The van der Waals surface area contributed by atoms with Gasteiger partial charge in [0.05, 0.1) is 7.11 Å². The van der Waals surface area contributed by atoms with Gasteiger partial charge in [0, 0.05) is 17.4 Å². The highest BCUT2D eigenvalue weighted by molar-refractivity contribution is 7.98. The van der Waals surface area contributed by atoms with E-state index < -0.39 is 0 Å². The van der Waals surface area contributed by atoms with Crippen molar-refractivity contribution in [2.75, 3.05) is 7.11 Å². The average molecular weight is 380 g/mol. The van der Waals surface area contributed by atoms with Crippen molar-refractivity contribution in [1.82, 2.24) is 14.8 Å². The molecule has 1 aliphatic carbocycles. The fraction of sp³-hybridized carbons (Fsp3) is 0.364. The van der Waals surface area contributed by atoms with E-state index in [9.17, 15) is 0 Å². The first kappa shape index (κ1) is 18.1. The van der Waals surface area contributed by atoms with Gasteiger partial charge in [-0.1, -0.05) is 61.4 Å². The van der Waals surface area contributed by atoms with E-state index in [2.05, 4.69) is 57.2 Å². The molecular weight excluding hydrogens is 354 g/mol. The number of hydrogen-bond acceptors (Lipinski definition) is 4. The molecule has 2 aromatic carbocycles. The molecule has 140 valence electrons. The van der Waals surface area contributed by atoms with E-state index >= 15 is 0 Å². The Hall–Kier alpha value is -2.27. The van der Waals surface area contributed by atoms with Gasteiger partial charge < -0.3 is 4.74 Å². The van der Waals surface area contributed by atoms with Crippen LogP contribution in [-0.2, 0) is 5.75 Å². The zero-order valence-electron chi connectivity index (χ0n) is 15.7. The molecule has 4 rings (SSSR count). The summed E-state index contributed by atoms with van der Waals surface area (Å²) in [6.07, 6.45) is 6.32. The lowest BCUT2D eigenvalue weighted by atomic mass is 9.88. The maximum Gasteiger partial charge on any atom is 0.196 e. The van der Waals surface area contributed by atoms with Crippen molar-refractivity contribution in [2.24, 2.45) is 0 Å². The average Bonchev–Trinajstić information content (AvgIpc) is 3.17. The third-order valence-electron chi connectivity index (χ3n) is 5.17. The molecule has 1 aromatic heterocycles. The highest BCUT2D eigenvalue weighted by Gasteiger charge is 2.24. The fourth-order valence-electron chi connectivity index (χ4n) is 3.70. The van der Waals surface area contributed by atoms with Crippen molar-refractivity contribution in [3.63, 3.8) is 0 Å². The Labute approximate surface area is 165 Å². The largest absolute Gasteiger partial charge is 0.497 e. The van der Waals surface area contributed by atoms with Gasteiger partial charge in [-0.25, -0.2) is 0 Å². The lowest BCUT2D eigenvalue weighted by molar-refractivity contribution is 0.414. The van der Waals surface area contributed by atoms with E-state index in [1.54, 1.807) is 18.9 Å². The molecule has 1 heterocycles. The topological polar surface area (TPSA) is 39.9 Å². The minimum Gasteiger partial charge on any atom is -0.497 e. The van der Waals surface area contributed by atoms with Crippen molar-refractivity contribution in [3.05, 3.63) is 66.0 Å². The van der Waals surface area contributed by atoms with Gasteiger partial charge in [-0.3, -0.25) is 4.57 Å². The highest BCUT2D eigenvalue weighted by Crippen LogP contribution is 2.35. The van der Waals surface area contributed by atoms with Gasteiger partial charge in [0.25, 0.3) is 0 Å². The van der Waals surface area contributed by atoms with Crippen LogP contribution in [0.5, 0.6) is 5.75 Å². The van der Waals surface area contributed by atoms with Crippen LogP contribution in [-0.4, -0.2) is 21.9 Å². The van der Waals surface area contributed by atoms with Crippen LogP contribution in [0.15, 0.2) is 59.8 Å². The second-order valence-corrected chi connectivity index (χ2v) is 7.93. The Morgan fingerprint density at radius 1 is 0.963 bits per heavy atom. The molecule has 0 aliphatic heterocycles. The van der Waals surface area contributed by atoms with Crippen molar-refractivity contribution >= 4 is 11.8 Å². The molecular formula is C22H25N3OS. The maximum atomic E-state index is 5.32. The van der Waals surface area contributed by atoms with E-state index in [-0.39, 0.29) is 0 Å². The van der Waals surface area contributed by atoms with Gasteiger partial charge in [-0.15, -0.1) is 10.2 Å². The number of nitrogens with zero attached hydrogens (tertiary/aromatic N) is 3. The molecule has 0 N–H and O–H groups in total. The number of thioether (sulfide) groups is 1. The molecule has 4 nitrogen and oxygen atoms in total. The predicted octanol–water partition coefficient (Wildman–Crippen LogP) is 5.62. The Morgan fingerprint density at radius 3 is 2.41 bits per heavy atom. The SMILES string of the molecule is COc1ccc(-n2c(SCc3ccccc3)nnc2C2CCCCC2)cc1. The molecule has 1 aliphatic rings. The van der Waals surface area contributed by atoms with E-state index in [0.29, 0.717) is 5.92 Å². The summed E-state index contributed by atoms with van der Waals surface area (Å²) < 4.78 is 7.58. The van der Waals surface area contributed by atoms with Crippen LogP contribution in [0, 0.1) is 0 Å². The molecule has 0 amide bonds. The number of benzene rings is 2. The number of hydrogen-bond donors (Lipinski definition) is 0. The quantitative estimate of drug-likeness (QED) is 0.522. The molecule has 3 aromatic rings. The van der Waals surface area contributed by atoms with Crippen LogP contribution in [0.1, 0.15) is 49.4 Å². The van der Waals surface area contributed by atoms with Gasteiger partial charge in [0.2, 0.25) is 0 Å². The lowest BCUT2D eigenvalue weighted by Gasteiger charge is -2.22. The van der Waals surface area contributed by atoms with Crippen LogP contribution >= 0.6 is 11.8 Å². The molecule has 27 heavy (non-hydrogen) atoms. The summed E-state index contributed by atoms with van der Waals surface area (Å²) in [5.41, 5.74) is 2.41. The van der Waals surface area contributed by atoms with Crippen LogP contribution in [0.4, 0.5) is 0 Å². The highest BCUT2D eigenvalue weighted by atomic mass is 32.2. The molecule has 0 saturated heterocycles. The molecule has 0 unspecified atom stereocenters. The van der Waals surface area contributed by atoms with Gasteiger partial charge in [-0.05, 0) is 42.7 Å². The first-order valence-electron chi connectivity index (χ1n) is 9.61. The number of aromatic nitrogens is 3. The second-order valence-electron chi connectivity index (χ2n) is 6.98. The third kappa shape index (κ3) is 4.19. The van der Waals surface area contributed by atoms with Crippen molar-refractivity contribution in [2.45, 2.75) is 48.9 Å². The first-order valence-corrected chi connectivity index (χ1v) is 10.6. The summed E-state index contributed by atoms with van der Waals surface area (Å²) in [4.78, 5) is 0. The molecule has 0 atom stereocenters. The summed E-state index contributed by atoms with van der Waals surface area (Å²) in [7, 11) is 1.70. The summed E-state index contributed by atoms with van der Waals surface area (Å²) in [5, 5.41) is 10.2. The Morgan fingerprint density at radius 2 is 1.70 bits per heavy atom. The van der Waals surface area contributed by atoms with Gasteiger partial charge >= 0.3 is 0 Å². The van der Waals surface area contributed by atoms with E-state index in [0.717, 1.165) is 28.2 Å². The monoisotopic (exact) mass is 379 g/mol. The lowest BCUT2D eigenvalue weighted by Crippen LogP contribution is -2.12. The van der Waals surface area contributed by atoms with Crippen LogP contribution in [0.2, 0.25) is 0 Å². The summed E-state index contributed by atoms with van der Waals surface area (Å²) >= 11 is 1.75. The predicted molar refractivity (Wildman–Crippen MR) is 110 cm³/mol. The Bertz CT molecular complexity index is 855. The van der Waals surface area contributed by atoms with Crippen LogP contribution in [0.3, 0.4) is 0 Å². The molecule has 0 spiro atoms. The smallest absolute Gasteiger partial charge is 0.196 e. The molecule has 0 bridgehead atoms.